The zero-order valence-electron chi connectivity index (χ0n) is 15.2. The molecule has 0 saturated heterocycles. The van der Waals surface area contributed by atoms with Gasteiger partial charge in [-0.2, -0.15) is 0 Å². The average molecular weight is 388 g/mol. The molecular formula is C20H25N3O3S. The molecule has 6 nitrogen and oxygen atoms in total. The van der Waals surface area contributed by atoms with Gasteiger partial charge in [-0.1, -0.05) is 37.8 Å². The van der Waals surface area contributed by atoms with E-state index in [0.717, 1.165) is 25.7 Å². The largest absolute Gasteiger partial charge is 0.349 e. The molecule has 0 aliphatic heterocycles. The minimum atomic E-state index is -3.72. The van der Waals surface area contributed by atoms with Crippen molar-refractivity contribution in [3.05, 3.63) is 59.9 Å². The third kappa shape index (κ3) is 5.61. The van der Waals surface area contributed by atoms with E-state index in [9.17, 15) is 13.2 Å². The van der Waals surface area contributed by atoms with E-state index in [1.165, 1.54) is 25.0 Å². The number of benzene rings is 1. The maximum absolute atomic E-state index is 12.5. The number of hydrogen-bond donors (Lipinski definition) is 2. The average Bonchev–Trinajstić information content (AvgIpc) is 2.96. The second-order valence-corrected chi connectivity index (χ2v) is 8.60. The van der Waals surface area contributed by atoms with E-state index in [-0.39, 0.29) is 23.4 Å². The second-order valence-electron chi connectivity index (χ2n) is 6.84. The molecule has 2 aromatic rings. The van der Waals surface area contributed by atoms with Crippen molar-refractivity contribution in [2.75, 3.05) is 0 Å². The molecule has 144 valence electrons. The van der Waals surface area contributed by atoms with E-state index >= 15 is 0 Å². The molecule has 1 fully saturated rings. The van der Waals surface area contributed by atoms with Crippen LogP contribution in [0, 0.1) is 0 Å². The highest BCUT2D eigenvalue weighted by atomic mass is 32.2. The first-order chi connectivity index (χ1) is 13.0. The lowest BCUT2D eigenvalue weighted by molar-refractivity contribution is 0.0933. The first-order valence-corrected chi connectivity index (χ1v) is 10.8. The molecule has 0 radical (unpaired) electrons. The van der Waals surface area contributed by atoms with Crippen LogP contribution in [0.5, 0.6) is 0 Å². The number of sulfonamides is 1. The monoisotopic (exact) mass is 387 g/mol. The standard InChI is InChI=1S/C20H25N3O3S/c24-20(23-17-9-3-1-2-4-10-17)16-8-7-12-19(14-16)27(25,26)22-15-18-11-5-6-13-21-18/h5-8,11-14,17,22H,1-4,9-10,15H2,(H,23,24). The van der Waals surface area contributed by atoms with Gasteiger partial charge in [0, 0.05) is 17.8 Å². The number of hydrogen-bond acceptors (Lipinski definition) is 4. The number of pyridine rings is 1. The summed E-state index contributed by atoms with van der Waals surface area (Å²) in [7, 11) is -3.72. The van der Waals surface area contributed by atoms with Gasteiger partial charge in [-0.25, -0.2) is 13.1 Å². The van der Waals surface area contributed by atoms with Crippen molar-refractivity contribution in [2.45, 2.75) is 56.0 Å². The third-order valence-corrected chi connectivity index (χ3v) is 6.17. The molecule has 1 aromatic heterocycles. The van der Waals surface area contributed by atoms with Gasteiger partial charge >= 0.3 is 0 Å². The van der Waals surface area contributed by atoms with E-state index in [4.69, 9.17) is 0 Å². The van der Waals surface area contributed by atoms with Crippen LogP contribution in [0.3, 0.4) is 0 Å². The maximum atomic E-state index is 12.5. The Morgan fingerprint density at radius 3 is 2.52 bits per heavy atom. The maximum Gasteiger partial charge on any atom is 0.251 e. The molecule has 0 bridgehead atoms. The lowest BCUT2D eigenvalue weighted by atomic mass is 10.1. The predicted octanol–water partition coefficient (Wildman–Crippen LogP) is 3.01. The predicted molar refractivity (Wildman–Crippen MR) is 104 cm³/mol. The molecule has 7 heteroatoms. The summed E-state index contributed by atoms with van der Waals surface area (Å²) in [5, 5.41) is 3.05. The van der Waals surface area contributed by atoms with Crippen molar-refractivity contribution in [3.8, 4) is 0 Å². The summed E-state index contributed by atoms with van der Waals surface area (Å²) in [5.74, 6) is -0.219. The summed E-state index contributed by atoms with van der Waals surface area (Å²) < 4.78 is 27.6. The van der Waals surface area contributed by atoms with Gasteiger partial charge in [0.05, 0.1) is 17.1 Å². The molecule has 1 amide bonds. The summed E-state index contributed by atoms with van der Waals surface area (Å²) in [5.41, 5.74) is 0.989. The van der Waals surface area contributed by atoms with Crippen molar-refractivity contribution in [1.82, 2.24) is 15.0 Å². The molecule has 1 heterocycles. The van der Waals surface area contributed by atoms with E-state index in [1.807, 2.05) is 0 Å². The van der Waals surface area contributed by atoms with Crippen LogP contribution in [-0.4, -0.2) is 25.4 Å². The molecule has 0 atom stereocenters. The number of nitrogens with zero attached hydrogens (tertiary/aromatic N) is 1. The number of carbonyl (C=O) groups excluding carboxylic acids is 1. The van der Waals surface area contributed by atoms with Gasteiger partial charge in [0.1, 0.15) is 0 Å². The van der Waals surface area contributed by atoms with Crippen molar-refractivity contribution in [3.63, 3.8) is 0 Å². The Kier molecular flexibility index (Phi) is 6.58. The molecule has 0 spiro atoms. The Morgan fingerprint density at radius 2 is 1.81 bits per heavy atom. The highest BCUT2D eigenvalue weighted by Crippen LogP contribution is 2.18. The fraction of sp³-hybridized carbons (Fsp3) is 0.400. The van der Waals surface area contributed by atoms with Crippen LogP contribution in [0.2, 0.25) is 0 Å². The lowest BCUT2D eigenvalue weighted by Crippen LogP contribution is -2.34. The summed E-state index contributed by atoms with van der Waals surface area (Å²) in [4.78, 5) is 16.7. The fourth-order valence-electron chi connectivity index (χ4n) is 3.25. The first kappa shape index (κ1) is 19.5. The summed E-state index contributed by atoms with van der Waals surface area (Å²) in [6.07, 6.45) is 8.24. The molecule has 2 N–H and O–H groups in total. The highest BCUT2D eigenvalue weighted by molar-refractivity contribution is 7.89. The SMILES string of the molecule is O=C(NC1CCCCCC1)c1cccc(S(=O)(=O)NCc2ccccn2)c1. The Labute approximate surface area is 160 Å². The van der Waals surface area contributed by atoms with Crippen LogP contribution >= 0.6 is 0 Å². The number of nitrogens with one attached hydrogen (secondary N) is 2. The molecule has 3 rings (SSSR count). The zero-order valence-corrected chi connectivity index (χ0v) is 16.0. The minimum absolute atomic E-state index is 0.0759. The first-order valence-electron chi connectivity index (χ1n) is 9.35. The summed E-state index contributed by atoms with van der Waals surface area (Å²) in [6.45, 7) is 0.0989. The lowest BCUT2D eigenvalue weighted by Gasteiger charge is -2.16. The van der Waals surface area contributed by atoms with E-state index in [0.29, 0.717) is 11.3 Å². The molecule has 0 unspecified atom stereocenters. The van der Waals surface area contributed by atoms with Crippen LogP contribution in [0.4, 0.5) is 0 Å². The number of rotatable bonds is 6. The van der Waals surface area contributed by atoms with Gasteiger partial charge < -0.3 is 5.32 Å². The molecular weight excluding hydrogens is 362 g/mol. The van der Waals surface area contributed by atoms with Crippen molar-refractivity contribution in [1.29, 1.82) is 0 Å². The van der Waals surface area contributed by atoms with Gasteiger partial charge in [-0.3, -0.25) is 9.78 Å². The van der Waals surface area contributed by atoms with Crippen molar-refractivity contribution < 1.29 is 13.2 Å². The topological polar surface area (TPSA) is 88.2 Å². The normalized spacial score (nSPS) is 15.9. The number of carbonyl (C=O) groups is 1. The second kappa shape index (κ2) is 9.10. The Bertz CT molecular complexity index is 861. The smallest absolute Gasteiger partial charge is 0.251 e. The highest BCUT2D eigenvalue weighted by Gasteiger charge is 2.19. The van der Waals surface area contributed by atoms with E-state index < -0.39 is 10.0 Å². The van der Waals surface area contributed by atoms with Crippen LogP contribution in [0.1, 0.15) is 54.6 Å². The molecule has 1 aliphatic rings. The van der Waals surface area contributed by atoms with Gasteiger partial charge in [-0.15, -0.1) is 0 Å². The Balaban J connectivity index is 1.67. The number of aromatic nitrogens is 1. The molecule has 1 aromatic carbocycles. The van der Waals surface area contributed by atoms with Crippen LogP contribution in [0.15, 0.2) is 53.6 Å². The van der Waals surface area contributed by atoms with E-state index in [1.54, 1.807) is 36.5 Å². The van der Waals surface area contributed by atoms with Crippen LogP contribution in [-0.2, 0) is 16.6 Å². The van der Waals surface area contributed by atoms with Gasteiger partial charge in [0.25, 0.3) is 5.91 Å². The minimum Gasteiger partial charge on any atom is -0.349 e. The van der Waals surface area contributed by atoms with Gasteiger partial charge in [0.15, 0.2) is 0 Å². The van der Waals surface area contributed by atoms with Crippen molar-refractivity contribution >= 4 is 15.9 Å². The zero-order chi connectivity index (χ0) is 19.1. The van der Waals surface area contributed by atoms with Gasteiger partial charge in [0.2, 0.25) is 10.0 Å². The van der Waals surface area contributed by atoms with E-state index in [2.05, 4.69) is 15.0 Å². The fourth-order valence-corrected chi connectivity index (χ4v) is 4.30. The third-order valence-electron chi connectivity index (χ3n) is 4.77. The number of amides is 1. The van der Waals surface area contributed by atoms with Crippen molar-refractivity contribution in [2.24, 2.45) is 0 Å². The van der Waals surface area contributed by atoms with Gasteiger partial charge in [-0.05, 0) is 43.2 Å². The Morgan fingerprint density at radius 1 is 1.04 bits per heavy atom. The Hall–Kier alpha value is -2.25. The van der Waals surface area contributed by atoms with Crippen LogP contribution < -0.4 is 10.0 Å². The summed E-state index contributed by atoms with van der Waals surface area (Å²) in [6, 6.07) is 11.6. The molecule has 1 aliphatic carbocycles. The molecule has 1 saturated carbocycles. The quantitative estimate of drug-likeness (QED) is 0.746. The van der Waals surface area contributed by atoms with Crippen LogP contribution in [0.25, 0.3) is 0 Å². The molecule has 27 heavy (non-hydrogen) atoms. The summed E-state index contributed by atoms with van der Waals surface area (Å²) >= 11 is 0.